The van der Waals surface area contributed by atoms with Crippen LogP contribution in [0.25, 0.3) is 27.8 Å². The van der Waals surface area contributed by atoms with Gasteiger partial charge < -0.3 is 10.5 Å². The first-order valence-electron chi connectivity index (χ1n) is 12.5. The van der Waals surface area contributed by atoms with Crippen LogP contribution >= 0.6 is 11.8 Å². The molecule has 0 saturated heterocycles. The number of fused-ring (bicyclic) bond motifs is 4. The van der Waals surface area contributed by atoms with Gasteiger partial charge >= 0.3 is 5.97 Å². The molecule has 10 heteroatoms. The minimum absolute atomic E-state index is 0.208. The maximum atomic E-state index is 13.5. The summed E-state index contributed by atoms with van der Waals surface area (Å²) in [5.41, 5.74) is 11.7. The molecule has 1 aliphatic carbocycles. The lowest BCUT2D eigenvalue weighted by Gasteiger charge is -2.21. The zero-order chi connectivity index (χ0) is 27.3. The number of nitrogen functional groups attached to an aromatic ring is 1. The van der Waals surface area contributed by atoms with Crippen LogP contribution in [-0.2, 0) is 27.6 Å². The lowest BCUT2D eigenvalue weighted by atomic mass is 9.92. The Bertz CT molecular complexity index is 1840. The molecule has 0 aliphatic heterocycles. The van der Waals surface area contributed by atoms with Crippen molar-refractivity contribution in [3.8, 4) is 16.9 Å². The average Bonchev–Trinajstić information content (AvgIpc) is 3.54. The molecule has 0 saturated carbocycles. The van der Waals surface area contributed by atoms with Crippen LogP contribution in [0.4, 0.5) is 5.69 Å². The number of esters is 1. The third kappa shape index (κ3) is 3.85. The molecule has 6 rings (SSSR count). The van der Waals surface area contributed by atoms with E-state index in [1.165, 1.54) is 15.7 Å². The van der Waals surface area contributed by atoms with Gasteiger partial charge in [0.1, 0.15) is 5.52 Å². The van der Waals surface area contributed by atoms with Crippen molar-refractivity contribution in [1.29, 1.82) is 0 Å². The van der Waals surface area contributed by atoms with Gasteiger partial charge in [-0.15, -0.1) is 11.8 Å². The second-order valence-electron chi connectivity index (χ2n) is 9.12. The number of para-hydroxylation sites is 1. The van der Waals surface area contributed by atoms with Gasteiger partial charge in [-0.1, -0.05) is 36.4 Å². The molecule has 8 nitrogen and oxygen atoms in total. The van der Waals surface area contributed by atoms with Crippen molar-refractivity contribution in [2.24, 2.45) is 0 Å². The van der Waals surface area contributed by atoms with E-state index in [0.717, 1.165) is 16.3 Å². The highest BCUT2D eigenvalue weighted by Gasteiger charge is 2.33. The fraction of sp³-hybridized carbons (Fsp3) is 0.172. The molecule has 0 bridgehead atoms. The Hall–Kier alpha value is -4.02. The fourth-order valence-corrected chi connectivity index (χ4v) is 7.53. The van der Waals surface area contributed by atoms with Crippen LogP contribution in [0.15, 0.2) is 82.8 Å². The third-order valence-electron chi connectivity index (χ3n) is 7.00. The van der Waals surface area contributed by atoms with Crippen molar-refractivity contribution in [3.63, 3.8) is 0 Å². The Labute approximate surface area is 230 Å². The van der Waals surface area contributed by atoms with Gasteiger partial charge in [0.15, 0.2) is 5.69 Å². The van der Waals surface area contributed by atoms with E-state index in [2.05, 4.69) is 0 Å². The second kappa shape index (κ2) is 9.62. The highest BCUT2D eigenvalue weighted by molar-refractivity contribution is 7.98. The molecular weight excluding hydrogens is 532 g/mol. The molecule has 5 aromatic rings. The van der Waals surface area contributed by atoms with Crippen molar-refractivity contribution >= 4 is 44.3 Å². The first-order chi connectivity index (χ1) is 18.9. The first kappa shape index (κ1) is 25.3. The fourth-order valence-electron chi connectivity index (χ4n) is 5.31. The zero-order valence-corrected chi connectivity index (χ0v) is 23.1. The van der Waals surface area contributed by atoms with Gasteiger partial charge in [-0.2, -0.15) is 0 Å². The molecule has 1 aliphatic rings. The quantitative estimate of drug-likeness (QED) is 0.222. The van der Waals surface area contributed by atoms with Gasteiger partial charge in [0, 0.05) is 34.4 Å². The molecule has 0 fully saturated rings. The number of nitrogens with zero attached hydrogens (tertiary/aromatic N) is 3. The maximum absolute atomic E-state index is 13.5. The summed E-state index contributed by atoms with van der Waals surface area (Å²) in [5, 5.41) is 1.50. The summed E-state index contributed by atoms with van der Waals surface area (Å²) in [6.45, 7) is 1.97. The normalized spacial score (nSPS) is 12.8. The number of nitrogens with two attached hydrogens (primary N) is 1. The van der Waals surface area contributed by atoms with Gasteiger partial charge in [-0.25, -0.2) is 22.2 Å². The number of hydrogen-bond donors (Lipinski definition) is 1. The summed E-state index contributed by atoms with van der Waals surface area (Å²) in [4.78, 5) is 18.6. The predicted molar refractivity (Wildman–Crippen MR) is 153 cm³/mol. The average molecular weight is 559 g/mol. The molecule has 39 heavy (non-hydrogen) atoms. The number of pyridine rings is 1. The standard InChI is InChI=1S/C29H26N4O4S2/c1-3-37-29(34)27-26-23(28(38-2)33(27)18-10-6-4-7-11-18)24(30)21-14-15-22-20(25(21)31-26)16-17-32(22)39(35,36)19-12-8-5-9-13-19/h4-13,16-17H,3,14-15,30H2,1-2H3. The first-order valence-corrected chi connectivity index (χ1v) is 15.2. The number of hydrogen-bond acceptors (Lipinski definition) is 7. The largest absolute Gasteiger partial charge is 0.461 e. The van der Waals surface area contributed by atoms with E-state index in [1.807, 2.05) is 41.2 Å². The van der Waals surface area contributed by atoms with Crippen LogP contribution in [0.1, 0.15) is 28.7 Å². The molecule has 2 aromatic carbocycles. The smallest absolute Gasteiger partial charge is 0.357 e. The Kier molecular flexibility index (Phi) is 6.23. The summed E-state index contributed by atoms with van der Waals surface area (Å²) >= 11 is 1.48. The minimum Gasteiger partial charge on any atom is -0.461 e. The summed E-state index contributed by atoms with van der Waals surface area (Å²) < 4.78 is 35.6. The molecule has 0 atom stereocenters. The number of benzene rings is 2. The lowest BCUT2D eigenvalue weighted by molar-refractivity contribution is 0.0518. The number of thioether (sulfide) groups is 1. The number of rotatable bonds is 6. The molecule has 0 unspecified atom stereocenters. The molecule has 2 N–H and O–H groups in total. The summed E-state index contributed by atoms with van der Waals surface area (Å²) in [7, 11) is -3.79. The zero-order valence-electron chi connectivity index (χ0n) is 21.4. The molecule has 198 valence electrons. The topological polar surface area (TPSA) is 109 Å². The van der Waals surface area contributed by atoms with E-state index >= 15 is 0 Å². The van der Waals surface area contributed by atoms with Crippen LogP contribution < -0.4 is 5.73 Å². The van der Waals surface area contributed by atoms with Crippen LogP contribution in [0.2, 0.25) is 0 Å². The number of aromatic nitrogens is 3. The minimum atomic E-state index is -3.79. The van der Waals surface area contributed by atoms with E-state index < -0.39 is 16.0 Å². The van der Waals surface area contributed by atoms with E-state index in [4.69, 9.17) is 15.5 Å². The number of anilines is 1. The molecular formula is C29H26N4O4S2. The molecule has 3 heterocycles. The van der Waals surface area contributed by atoms with Gasteiger partial charge in [0.25, 0.3) is 10.0 Å². The van der Waals surface area contributed by atoms with Crippen molar-refractivity contribution in [1.82, 2.24) is 13.5 Å². The highest BCUT2D eigenvalue weighted by Crippen LogP contribution is 2.45. The summed E-state index contributed by atoms with van der Waals surface area (Å²) in [5.74, 6) is -0.501. The van der Waals surface area contributed by atoms with Gasteiger partial charge in [-0.05, 0) is 56.4 Å². The Morgan fingerprint density at radius 1 is 1.05 bits per heavy atom. The molecule has 0 amide bonds. The number of carbonyl (C=O) groups excluding carboxylic acids is 1. The number of ether oxygens (including phenoxy) is 1. The maximum Gasteiger partial charge on any atom is 0.357 e. The summed E-state index contributed by atoms with van der Waals surface area (Å²) in [6, 6.07) is 19.7. The van der Waals surface area contributed by atoms with E-state index in [-0.39, 0.29) is 11.5 Å². The van der Waals surface area contributed by atoms with Gasteiger partial charge in [-0.3, -0.25) is 4.57 Å². The molecule has 0 spiro atoms. The SMILES string of the molecule is CCOC(=O)c1c2nc3c(c(N)c2c(SC)n1-c1ccccc1)CCc1c-3ccn1S(=O)(=O)c1ccccc1. The molecule has 0 radical (unpaired) electrons. The monoisotopic (exact) mass is 558 g/mol. The third-order valence-corrected chi connectivity index (χ3v) is 9.50. The van der Waals surface area contributed by atoms with Crippen molar-refractivity contribution in [2.75, 3.05) is 18.6 Å². The van der Waals surface area contributed by atoms with Crippen molar-refractivity contribution in [3.05, 3.63) is 89.9 Å². The lowest BCUT2D eigenvalue weighted by Crippen LogP contribution is -2.18. The van der Waals surface area contributed by atoms with E-state index in [1.54, 1.807) is 49.5 Å². The molecule has 3 aromatic heterocycles. The van der Waals surface area contributed by atoms with Crippen molar-refractivity contribution in [2.45, 2.75) is 29.7 Å². The van der Waals surface area contributed by atoms with Crippen LogP contribution in [0.3, 0.4) is 0 Å². The van der Waals surface area contributed by atoms with Crippen LogP contribution in [0, 0.1) is 0 Å². The highest BCUT2D eigenvalue weighted by atomic mass is 32.2. The van der Waals surface area contributed by atoms with Crippen molar-refractivity contribution < 1.29 is 17.9 Å². The van der Waals surface area contributed by atoms with Crippen LogP contribution in [-0.4, -0.2) is 40.8 Å². The van der Waals surface area contributed by atoms with E-state index in [9.17, 15) is 13.2 Å². The van der Waals surface area contributed by atoms with Gasteiger partial charge in [0.05, 0.1) is 27.6 Å². The van der Waals surface area contributed by atoms with Crippen LogP contribution in [0.5, 0.6) is 0 Å². The number of carbonyl (C=O) groups is 1. The van der Waals surface area contributed by atoms with Gasteiger partial charge in [0.2, 0.25) is 0 Å². The van der Waals surface area contributed by atoms with E-state index in [0.29, 0.717) is 52.1 Å². The summed E-state index contributed by atoms with van der Waals surface area (Å²) in [6.07, 6.45) is 4.51. The Morgan fingerprint density at radius 2 is 1.74 bits per heavy atom. The Balaban J connectivity index is 1.63. The predicted octanol–water partition coefficient (Wildman–Crippen LogP) is 5.31. The second-order valence-corrected chi connectivity index (χ2v) is 11.7. The Morgan fingerprint density at radius 3 is 2.41 bits per heavy atom.